The first-order valence-electron chi connectivity index (χ1n) is 8.18. The van der Waals surface area contributed by atoms with Gasteiger partial charge in [0.15, 0.2) is 0 Å². The maximum atomic E-state index is 10.5. The lowest BCUT2D eigenvalue weighted by molar-refractivity contribution is 0.0586. The second-order valence-electron chi connectivity index (χ2n) is 7.04. The highest BCUT2D eigenvalue weighted by atomic mass is 32.1. The van der Waals surface area contributed by atoms with Crippen LogP contribution < -0.4 is 5.32 Å². The number of hydrogen-bond donors (Lipinski definition) is 2. The van der Waals surface area contributed by atoms with Crippen molar-refractivity contribution in [3.05, 3.63) is 16.8 Å². The van der Waals surface area contributed by atoms with Crippen LogP contribution in [0.25, 0.3) is 10.2 Å². The smallest absolute Gasteiger partial charge is 0.138 e. The molecular formula is C17H25N3OS. The molecule has 0 saturated heterocycles. The van der Waals surface area contributed by atoms with Crippen LogP contribution in [0.1, 0.15) is 50.5 Å². The summed E-state index contributed by atoms with van der Waals surface area (Å²) in [6.07, 6.45) is 6.98. The molecule has 0 fully saturated rings. The summed E-state index contributed by atoms with van der Waals surface area (Å²) >= 11 is 1.79. The molecule has 0 saturated carbocycles. The van der Waals surface area contributed by atoms with E-state index in [9.17, 15) is 5.11 Å². The highest BCUT2D eigenvalue weighted by Gasteiger charge is 2.24. The zero-order valence-electron chi connectivity index (χ0n) is 13.6. The van der Waals surface area contributed by atoms with Crippen molar-refractivity contribution in [1.82, 2.24) is 9.97 Å². The fourth-order valence-corrected chi connectivity index (χ4v) is 4.25. The molecule has 0 amide bonds. The van der Waals surface area contributed by atoms with Gasteiger partial charge < -0.3 is 10.4 Å². The van der Waals surface area contributed by atoms with E-state index in [2.05, 4.69) is 29.1 Å². The van der Waals surface area contributed by atoms with Crippen LogP contribution in [-0.4, -0.2) is 27.2 Å². The van der Waals surface area contributed by atoms with Crippen molar-refractivity contribution in [3.8, 4) is 0 Å². The molecule has 0 spiro atoms. The molecule has 0 aromatic carbocycles. The lowest BCUT2D eigenvalue weighted by Gasteiger charge is -2.25. The van der Waals surface area contributed by atoms with Crippen LogP contribution in [0.4, 0.5) is 5.82 Å². The van der Waals surface area contributed by atoms with E-state index in [1.165, 1.54) is 28.7 Å². The number of aliphatic hydroxyl groups is 1. The summed E-state index contributed by atoms with van der Waals surface area (Å²) in [7, 11) is 0. The second kappa shape index (κ2) is 6.13. The molecule has 2 N–H and O–H groups in total. The summed E-state index contributed by atoms with van der Waals surface area (Å²) in [5, 5.41) is 15.1. The molecule has 2 heterocycles. The Labute approximate surface area is 136 Å². The summed E-state index contributed by atoms with van der Waals surface area (Å²) in [6.45, 7) is 6.80. The number of nitrogens with zero attached hydrogens (tertiary/aromatic N) is 2. The van der Waals surface area contributed by atoms with Gasteiger partial charge >= 0.3 is 0 Å². The number of hydrogen-bond acceptors (Lipinski definition) is 5. The van der Waals surface area contributed by atoms with Crippen LogP contribution >= 0.6 is 11.3 Å². The molecule has 1 aliphatic rings. The number of nitrogens with one attached hydrogen (secondary N) is 1. The van der Waals surface area contributed by atoms with Crippen molar-refractivity contribution in [3.63, 3.8) is 0 Å². The van der Waals surface area contributed by atoms with Crippen molar-refractivity contribution < 1.29 is 5.11 Å². The van der Waals surface area contributed by atoms with Gasteiger partial charge in [-0.25, -0.2) is 9.97 Å². The number of fused-ring (bicyclic) bond motifs is 3. The quantitative estimate of drug-likeness (QED) is 0.851. The predicted octanol–water partition coefficient (Wildman–Crippen LogP) is 3.78. The van der Waals surface area contributed by atoms with Crippen molar-refractivity contribution in [2.45, 2.75) is 58.5 Å². The fourth-order valence-electron chi connectivity index (χ4n) is 3.02. The minimum absolute atomic E-state index is 0.524. The molecule has 0 unspecified atom stereocenters. The Morgan fingerprint density at radius 3 is 2.95 bits per heavy atom. The van der Waals surface area contributed by atoms with Crippen LogP contribution in [0, 0.1) is 5.92 Å². The topological polar surface area (TPSA) is 58.0 Å². The molecule has 5 heteroatoms. The van der Waals surface area contributed by atoms with Gasteiger partial charge in [-0.2, -0.15) is 0 Å². The van der Waals surface area contributed by atoms with E-state index in [1.807, 2.05) is 6.92 Å². The fraction of sp³-hybridized carbons (Fsp3) is 0.647. The molecule has 2 aromatic heterocycles. The number of aryl methyl sites for hydroxylation is 2. The molecule has 2 aromatic rings. The van der Waals surface area contributed by atoms with Crippen LogP contribution in [0.15, 0.2) is 6.33 Å². The Morgan fingerprint density at radius 2 is 2.18 bits per heavy atom. The Bertz CT molecular complexity index is 663. The third-order valence-corrected chi connectivity index (χ3v) is 5.60. The van der Waals surface area contributed by atoms with E-state index in [0.29, 0.717) is 12.5 Å². The maximum Gasteiger partial charge on any atom is 0.138 e. The minimum atomic E-state index is -0.708. The van der Waals surface area contributed by atoms with Crippen LogP contribution in [0.3, 0.4) is 0 Å². The zero-order chi connectivity index (χ0) is 15.7. The minimum Gasteiger partial charge on any atom is -0.388 e. The van der Waals surface area contributed by atoms with Crippen molar-refractivity contribution in [1.29, 1.82) is 0 Å². The van der Waals surface area contributed by atoms with Crippen LogP contribution in [-0.2, 0) is 12.8 Å². The molecule has 3 rings (SSSR count). The van der Waals surface area contributed by atoms with E-state index in [-0.39, 0.29) is 0 Å². The largest absolute Gasteiger partial charge is 0.388 e. The number of thiophene rings is 1. The third kappa shape index (κ3) is 3.25. The van der Waals surface area contributed by atoms with E-state index in [0.717, 1.165) is 29.9 Å². The number of anilines is 1. The van der Waals surface area contributed by atoms with Crippen LogP contribution in [0.2, 0.25) is 0 Å². The highest BCUT2D eigenvalue weighted by molar-refractivity contribution is 7.19. The Kier molecular flexibility index (Phi) is 4.37. The Morgan fingerprint density at radius 1 is 1.36 bits per heavy atom. The molecule has 120 valence electrons. The van der Waals surface area contributed by atoms with Gasteiger partial charge in [0.1, 0.15) is 17.0 Å². The van der Waals surface area contributed by atoms with E-state index in [1.54, 1.807) is 17.7 Å². The number of aromatic nitrogens is 2. The first-order chi connectivity index (χ1) is 10.5. The lowest BCUT2D eigenvalue weighted by atomic mass is 9.95. The molecule has 4 nitrogen and oxygen atoms in total. The predicted molar refractivity (Wildman–Crippen MR) is 92.6 cm³/mol. The Hall–Kier alpha value is -1.20. The SMILES string of the molecule is CC(C)CC[C@](C)(O)CNc1ncnc2sc3c(c12)CCC3. The number of rotatable bonds is 6. The van der Waals surface area contributed by atoms with Crippen molar-refractivity contribution >= 4 is 27.4 Å². The molecule has 0 bridgehead atoms. The van der Waals surface area contributed by atoms with Gasteiger partial charge in [0.2, 0.25) is 0 Å². The van der Waals surface area contributed by atoms with Gasteiger partial charge in [0.05, 0.1) is 11.0 Å². The summed E-state index contributed by atoms with van der Waals surface area (Å²) in [4.78, 5) is 11.4. The van der Waals surface area contributed by atoms with Crippen molar-refractivity contribution in [2.24, 2.45) is 5.92 Å². The van der Waals surface area contributed by atoms with Crippen LogP contribution in [0.5, 0.6) is 0 Å². The average Bonchev–Trinajstić information content (AvgIpc) is 3.03. The normalized spacial score (nSPS) is 17.0. The maximum absolute atomic E-state index is 10.5. The molecular weight excluding hydrogens is 294 g/mol. The van der Waals surface area contributed by atoms with Gasteiger partial charge in [0, 0.05) is 11.4 Å². The second-order valence-corrected chi connectivity index (χ2v) is 8.13. The third-order valence-electron chi connectivity index (χ3n) is 4.40. The standard InChI is InChI=1S/C17H25N3OS/c1-11(2)7-8-17(3,21)9-18-15-14-12-5-4-6-13(12)22-16(14)20-10-19-15/h10-11,21H,4-9H2,1-3H3,(H,18,19,20)/t17-/m0/s1. The molecule has 1 aliphatic carbocycles. The van der Waals surface area contributed by atoms with Gasteiger partial charge in [-0.15, -0.1) is 11.3 Å². The first-order valence-corrected chi connectivity index (χ1v) is 8.99. The van der Waals surface area contributed by atoms with Crippen molar-refractivity contribution in [2.75, 3.05) is 11.9 Å². The van der Waals surface area contributed by atoms with E-state index >= 15 is 0 Å². The van der Waals surface area contributed by atoms with Gasteiger partial charge in [-0.05, 0) is 50.5 Å². The monoisotopic (exact) mass is 319 g/mol. The van der Waals surface area contributed by atoms with Gasteiger partial charge in [0.25, 0.3) is 0 Å². The molecule has 0 aliphatic heterocycles. The average molecular weight is 319 g/mol. The Balaban J connectivity index is 1.77. The van der Waals surface area contributed by atoms with Gasteiger partial charge in [-0.1, -0.05) is 13.8 Å². The van der Waals surface area contributed by atoms with E-state index < -0.39 is 5.60 Å². The highest BCUT2D eigenvalue weighted by Crippen LogP contribution is 2.39. The zero-order valence-corrected chi connectivity index (χ0v) is 14.5. The summed E-state index contributed by atoms with van der Waals surface area (Å²) in [5.74, 6) is 1.49. The molecule has 22 heavy (non-hydrogen) atoms. The lowest BCUT2D eigenvalue weighted by Crippen LogP contribution is -2.34. The van der Waals surface area contributed by atoms with Gasteiger partial charge in [-0.3, -0.25) is 0 Å². The van der Waals surface area contributed by atoms with E-state index in [4.69, 9.17) is 0 Å². The summed E-state index contributed by atoms with van der Waals surface area (Å²) in [6, 6.07) is 0. The summed E-state index contributed by atoms with van der Waals surface area (Å²) in [5.41, 5.74) is 0.714. The molecule has 1 atom stereocenters. The summed E-state index contributed by atoms with van der Waals surface area (Å²) < 4.78 is 0. The first kappa shape index (κ1) is 15.7. The molecule has 0 radical (unpaired) electrons.